The van der Waals surface area contributed by atoms with E-state index < -0.39 is 0 Å². The highest BCUT2D eigenvalue weighted by atomic mass is 35.5. The maximum absolute atomic E-state index is 6.35. The van der Waals surface area contributed by atoms with Crippen molar-refractivity contribution in [2.45, 2.75) is 11.8 Å². The number of halogens is 1. The Morgan fingerprint density at radius 3 is 2.94 bits per heavy atom. The summed E-state index contributed by atoms with van der Waals surface area (Å²) < 4.78 is 1.22. The number of alkyl halides is 1. The van der Waals surface area contributed by atoms with Crippen LogP contribution >= 0.6 is 34.3 Å². The summed E-state index contributed by atoms with van der Waals surface area (Å²) in [5.41, 5.74) is 2.86. The Hall–Kier alpha value is -0.970. The van der Waals surface area contributed by atoms with Gasteiger partial charge in [-0.3, -0.25) is 4.98 Å². The lowest BCUT2D eigenvalue weighted by Crippen LogP contribution is -1.92. The molecule has 86 valence electrons. The molecule has 0 bridgehead atoms. The Balaban J connectivity index is 1.85. The molecule has 0 amide bonds. The SMILES string of the molecule is ClC(Cc1nc2ccccc2s1)c1cncs1. The van der Waals surface area contributed by atoms with E-state index in [0.717, 1.165) is 21.8 Å². The van der Waals surface area contributed by atoms with Gasteiger partial charge in [-0.2, -0.15) is 0 Å². The van der Waals surface area contributed by atoms with Gasteiger partial charge >= 0.3 is 0 Å². The summed E-state index contributed by atoms with van der Waals surface area (Å²) in [4.78, 5) is 9.73. The van der Waals surface area contributed by atoms with Crippen molar-refractivity contribution in [3.63, 3.8) is 0 Å². The van der Waals surface area contributed by atoms with Crippen LogP contribution in [0.1, 0.15) is 15.3 Å². The predicted molar refractivity (Wildman–Crippen MR) is 74.0 cm³/mol. The number of thiazole rings is 2. The van der Waals surface area contributed by atoms with E-state index >= 15 is 0 Å². The molecule has 0 saturated carbocycles. The van der Waals surface area contributed by atoms with E-state index in [1.807, 2.05) is 29.9 Å². The molecule has 2 aromatic heterocycles. The van der Waals surface area contributed by atoms with Crippen LogP contribution < -0.4 is 0 Å². The van der Waals surface area contributed by atoms with Crippen molar-refractivity contribution in [1.29, 1.82) is 0 Å². The Morgan fingerprint density at radius 1 is 1.29 bits per heavy atom. The number of hydrogen-bond acceptors (Lipinski definition) is 4. The third kappa shape index (κ3) is 2.34. The van der Waals surface area contributed by atoms with Crippen LogP contribution in [0.25, 0.3) is 10.2 Å². The van der Waals surface area contributed by atoms with E-state index in [1.54, 1.807) is 22.7 Å². The minimum atomic E-state index is -0.0249. The fraction of sp³-hybridized carbons (Fsp3) is 0.167. The van der Waals surface area contributed by atoms with Crippen molar-refractivity contribution in [2.75, 3.05) is 0 Å². The lowest BCUT2D eigenvalue weighted by Gasteiger charge is -2.02. The molecule has 1 unspecified atom stereocenters. The molecule has 2 nitrogen and oxygen atoms in total. The molecule has 0 aliphatic carbocycles. The average Bonchev–Trinajstić information content (AvgIpc) is 2.97. The Labute approximate surface area is 112 Å². The van der Waals surface area contributed by atoms with E-state index in [0.29, 0.717) is 0 Å². The molecular formula is C12H9ClN2S2. The highest BCUT2D eigenvalue weighted by molar-refractivity contribution is 7.18. The summed E-state index contributed by atoms with van der Waals surface area (Å²) in [5, 5.41) is 1.06. The predicted octanol–water partition coefficient (Wildman–Crippen LogP) is 4.28. The van der Waals surface area contributed by atoms with Gasteiger partial charge in [-0.25, -0.2) is 4.98 Å². The van der Waals surface area contributed by atoms with Gasteiger partial charge in [0.2, 0.25) is 0 Å². The first-order chi connectivity index (χ1) is 8.33. The van der Waals surface area contributed by atoms with Gasteiger partial charge in [-0.15, -0.1) is 34.3 Å². The molecule has 1 atom stereocenters. The highest BCUT2D eigenvalue weighted by Gasteiger charge is 2.13. The molecule has 2 heterocycles. The van der Waals surface area contributed by atoms with Crippen LogP contribution in [0.5, 0.6) is 0 Å². The first kappa shape index (κ1) is 11.1. The molecule has 1 aromatic carbocycles. The number of fused-ring (bicyclic) bond motifs is 1. The van der Waals surface area contributed by atoms with Crippen LogP contribution in [0.3, 0.4) is 0 Å². The fourth-order valence-electron chi connectivity index (χ4n) is 1.64. The fourth-order valence-corrected chi connectivity index (χ4v) is 3.70. The molecule has 0 saturated heterocycles. The van der Waals surface area contributed by atoms with Crippen LogP contribution in [0.2, 0.25) is 0 Å². The Kier molecular flexibility index (Phi) is 3.09. The number of rotatable bonds is 3. The molecule has 0 radical (unpaired) electrons. The molecule has 0 aliphatic heterocycles. The topological polar surface area (TPSA) is 25.8 Å². The Bertz CT molecular complexity index is 585. The van der Waals surface area contributed by atoms with Crippen LogP contribution in [0, 0.1) is 0 Å². The van der Waals surface area contributed by atoms with Crippen LogP contribution in [0.15, 0.2) is 36.0 Å². The van der Waals surface area contributed by atoms with Gasteiger partial charge in [-0.05, 0) is 12.1 Å². The maximum atomic E-state index is 6.35. The van der Waals surface area contributed by atoms with Gasteiger partial charge in [0, 0.05) is 17.5 Å². The van der Waals surface area contributed by atoms with Crippen LogP contribution in [-0.4, -0.2) is 9.97 Å². The summed E-state index contributed by atoms with van der Waals surface area (Å²) in [5.74, 6) is 0. The van der Waals surface area contributed by atoms with Crippen molar-refractivity contribution in [2.24, 2.45) is 0 Å². The molecule has 0 fully saturated rings. The average molecular weight is 281 g/mol. The molecule has 3 aromatic rings. The van der Waals surface area contributed by atoms with Crippen molar-refractivity contribution in [3.05, 3.63) is 45.9 Å². The van der Waals surface area contributed by atoms with Gasteiger partial charge < -0.3 is 0 Å². The van der Waals surface area contributed by atoms with E-state index in [2.05, 4.69) is 16.0 Å². The second-order valence-electron chi connectivity index (χ2n) is 3.65. The van der Waals surface area contributed by atoms with Crippen LogP contribution in [0.4, 0.5) is 0 Å². The zero-order chi connectivity index (χ0) is 11.7. The van der Waals surface area contributed by atoms with E-state index in [-0.39, 0.29) is 5.38 Å². The van der Waals surface area contributed by atoms with Gasteiger partial charge in [0.05, 0.1) is 26.1 Å². The number of para-hydroxylation sites is 1. The lowest BCUT2D eigenvalue weighted by atomic mass is 10.3. The zero-order valence-electron chi connectivity index (χ0n) is 8.84. The molecular weight excluding hydrogens is 272 g/mol. The monoisotopic (exact) mass is 280 g/mol. The maximum Gasteiger partial charge on any atom is 0.0957 e. The van der Waals surface area contributed by atoms with E-state index in [4.69, 9.17) is 11.6 Å². The second kappa shape index (κ2) is 4.72. The molecule has 17 heavy (non-hydrogen) atoms. The third-order valence-corrected chi connectivity index (χ3v) is 4.92. The largest absolute Gasteiger partial charge is 0.253 e. The minimum Gasteiger partial charge on any atom is -0.253 e. The van der Waals surface area contributed by atoms with Crippen molar-refractivity contribution >= 4 is 44.5 Å². The summed E-state index contributed by atoms with van der Waals surface area (Å²) in [7, 11) is 0. The summed E-state index contributed by atoms with van der Waals surface area (Å²) >= 11 is 9.65. The number of benzene rings is 1. The van der Waals surface area contributed by atoms with Gasteiger partial charge in [0.15, 0.2) is 0 Å². The van der Waals surface area contributed by atoms with Gasteiger partial charge in [0.25, 0.3) is 0 Å². The van der Waals surface area contributed by atoms with Crippen LogP contribution in [-0.2, 0) is 6.42 Å². The van der Waals surface area contributed by atoms with Gasteiger partial charge in [0.1, 0.15) is 0 Å². The Morgan fingerprint density at radius 2 is 2.18 bits per heavy atom. The van der Waals surface area contributed by atoms with Gasteiger partial charge in [-0.1, -0.05) is 12.1 Å². The molecule has 3 rings (SSSR count). The number of aromatic nitrogens is 2. The quantitative estimate of drug-likeness (QED) is 0.670. The van der Waals surface area contributed by atoms with Crippen molar-refractivity contribution in [3.8, 4) is 0 Å². The number of nitrogens with zero attached hydrogens (tertiary/aromatic N) is 2. The first-order valence-electron chi connectivity index (χ1n) is 5.20. The summed E-state index contributed by atoms with van der Waals surface area (Å²) in [6, 6.07) is 8.16. The molecule has 0 N–H and O–H groups in total. The van der Waals surface area contributed by atoms with E-state index in [9.17, 15) is 0 Å². The highest BCUT2D eigenvalue weighted by Crippen LogP contribution is 2.30. The van der Waals surface area contributed by atoms with E-state index in [1.165, 1.54) is 4.70 Å². The molecule has 5 heteroatoms. The first-order valence-corrected chi connectivity index (χ1v) is 7.33. The number of hydrogen-bond donors (Lipinski definition) is 0. The van der Waals surface area contributed by atoms with Crippen molar-refractivity contribution < 1.29 is 0 Å². The zero-order valence-corrected chi connectivity index (χ0v) is 11.2. The molecule has 0 spiro atoms. The van der Waals surface area contributed by atoms with Crippen molar-refractivity contribution in [1.82, 2.24) is 9.97 Å². The molecule has 0 aliphatic rings. The second-order valence-corrected chi connectivity index (χ2v) is 6.21. The third-order valence-electron chi connectivity index (χ3n) is 2.45. The normalized spacial score (nSPS) is 13.0. The lowest BCUT2D eigenvalue weighted by molar-refractivity contribution is 0.926. The smallest absolute Gasteiger partial charge is 0.0957 e. The standard InChI is InChI=1S/C12H9ClN2S2/c13-8(11-6-14-7-16-11)5-12-15-9-3-1-2-4-10(9)17-12/h1-4,6-8H,5H2. The summed E-state index contributed by atoms with van der Waals surface area (Å²) in [6.45, 7) is 0. The minimum absolute atomic E-state index is 0.0249. The summed E-state index contributed by atoms with van der Waals surface area (Å²) in [6.07, 6.45) is 2.60.